The summed E-state index contributed by atoms with van der Waals surface area (Å²) >= 11 is 0. The molecule has 0 heterocycles. The van der Waals surface area contributed by atoms with E-state index in [0.717, 1.165) is 30.3 Å². The van der Waals surface area contributed by atoms with Crippen LogP contribution in [0.1, 0.15) is 0 Å². The van der Waals surface area contributed by atoms with Gasteiger partial charge in [-0.3, -0.25) is 4.72 Å². The van der Waals surface area contributed by atoms with Gasteiger partial charge in [-0.2, -0.15) is 0 Å². The summed E-state index contributed by atoms with van der Waals surface area (Å²) in [6.45, 7) is 0. The van der Waals surface area contributed by atoms with Gasteiger partial charge in [-0.25, -0.2) is 26.4 Å². The van der Waals surface area contributed by atoms with Gasteiger partial charge in [0.05, 0.1) is 15.5 Å². The monoisotopic (exact) mass is 330 g/mol. The van der Waals surface area contributed by atoms with E-state index in [9.17, 15) is 21.2 Å². The molecule has 0 fully saturated rings. The summed E-state index contributed by atoms with van der Waals surface area (Å²) in [6, 6.07) is 9.30. The van der Waals surface area contributed by atoms with Crippen molar-refractivity contribution in [2.24, 2.45) is 5.14 Å². The van der Waals surface area contributed by atoms with E-state index in [0.29, 0.717) is 0 Å². The molecule has 112 valence electrons. The molecule has 21 heavy (non-hydrogen) atoms. The van der Waals surface area contributed by atoms with Gasteiger partial charge in [0.1, 0.15) is 5.82 Å². The highest BCUT2D eigenvalue weighted by molar-refractivity contribution is 7.92. The van der Waals surface area contributed by atoms with Gasteiger partial charge in [0, 0.05) is 0 Å². The summed E-state index contributed by atoms with van der Waals surface area (Å²) in [6.07, 6.45) is 0. The fraction of sp³-hybridized carbons (Fsp3) is 0. The highest BCUT2D eigenvalue weighted by Crippen LogP contribution is 2.18. The minimum atomic E-state index is -3.94. The summed E-state index contributed by atoms with van der Waals surface area (Å²) in [5.41, 5.74) is 0.0607. The standard InChI is InChI=1S/C12H11FN2O4S2/c13-9-2-1-3-10(8-9)15-21(18,19)12-6-4-11(5-7-12)20(14,16)17/h1-8,15H,(H2,14,16,17). The smallest absolute Gasteiger partial charge is 0.261 e. The number of hydrogen-bond donors (Lipinski definition) is 2. The Labute approximate surface area is 121 Å². The van der Waals surface area contributed by atoms with Crippen LogP contribution in [0.3, 0.4) is 0 Å². The van der Waals surface area contributed by atoms with Crippen molar-refractivity contribution in [2.45, 2.75) is 9.79 Å². The largest absolute Gasteiger partial charge is 0.280 e. The molecule has 0 amide bonds. The number of halogens is 1. The van der Waals surface area contributed by atoms with Gasteiger partial charge in [0.25, 0.3) is 10.0 Å². The van der Waals surface area contributed by atoms with Gasteiger partial charge >= 0.3 is 0 Å². The lowest BCUT2D eigenvalue weighted by atomic mass is 10.3. The summed E-state index contributed by atoms with van der Waals surface area (Å²) in [5, 5.41) is 4.92. The molecule has 0 aliphatic rings. The van der Waals surface area contributed by atoms with E-state index >= 15 is 0 Å². The fourth-order valence-electron chi connectivity index (χ4n) is 1.57. The zero-order chi connectivity index (χ0) is 15.7. The first-order valence-corrected chi connectivity index (χ1v) is 8.63. The van der Waals surface area contributed by atoms with Gasteiger partial charge in [0.2, 0.25) is 10.0 Å². The molecule has 2 aromatic rings. The van der Waals surface area contributed by atoms with Crippen LogP contribution < -0.4 is 9.86 Å². The Morgan fingerprint density at radius 2 is 1.48 bits per heavy atom. The predicted molar refractivity (Wildman–Crippen MR) is 75.0 cm³/mol. The first-order chi connectivity index (χ1) is 9.68. The highest BCUT2D eigenvalue weighted by atomic mass is 32.2. The van der Waals surface area contributed by atoms with Gasteiger partial charge in [-0.05, 0) is 42.5 Å². The molecule has 0 atom stereocenters. The van der Waals surface area contributed by atoms with Gasteiger partial charge in [-0.1, -0.05) is 6.07 Å². The minimum absolute atomic E-state index is 0.0607. The predicted octanol–water partition coefficient (Wildman–Crippen LogP) is 1.27. The van der Waals surface area contributed by atoms with Crippen molar-refractivity contribution in [3.05, 3.63) is 54.3 Å². The third-order valence-corrected chi connectivity index (χ3v) is 4.87. The SMILES string of the molecule is NS(=O)(=O)c1ccc(S(=O)(=O)Nc2cccc(F)c2)cc1. The van der Waals surface area contributed by atoms with Crippen molar-refractivity contribution in [3.8, 4) is 0 Å². The second kappa shape index (κ2) is 5.43. The lowest BCUT2D eigenvalue weighted by Crippen LogP contribution is -2.15. The van der Waals surface area contributed by atoms with E-state index in [1.54, 1.807) is 0 Å². The van der Waals surface area contributed by atoms with Gasteiger partial charge in [0.15, 0.2) is 0 Å². The molecule has 0 saturated heterocycles. The second-order valence-corrected chi connectivity index (χ2v) is 7.38. The number of anilines is 1. The topological polar surface area (TPSA) is 106 Å². The number of nitrogens with two attached hydrogens (primary N) is 1. The molecule has 9 heteroatoms. The summed E-state index contributed by atoms with van der Waals surface area (Å²) in [5.74, 6) is -0.584. The molecular weight excluding hydrogens is 319 g/mol. The quantitative estimate of drug-likeness (QED) is 0.880. The average Bonchev–Trinajstić information content (AvgIpc) is 2.37. The van der Waals surface area contributed by atoms with Crippen molar-refractivity contribution in [1.29, 1.82) is 0 Å². The molecule has 0 saturated carbocycles. The summed E-state index contributed by atoms with van der Waals surface area (Å²) in [7, 11) is -7.84. The maximum absolute atomic E-state index is 13.0. The molecule has 3 N–H and O–H groups in total. The third-order valence-electron chi connectivity index (χ3n) is 2.54. The van der Waals surface area contributed by atoms with E-state index in [1.807, 2.05) is 0 Å². The number of rotatable bonds is 4. The van der Waals surface area contributed by atoms with Crippen molar-refractivity contribution in [1.82, 2.24) is 0 Å². The number of nitrogens with one attached hydrogen (secondary N) is 1. The Hall–Kier alpha value is -1.97. The lowest BCUT2D eigenvalue weighted by Gasteiger charge is -2.08. The van der Waals surface area contributed by atoms with Crippen molar-refractivity contribution in [2.75, 3.05) is 4.72 Å². The lowest BCUT2D eigenvalue weighted by molar-refractivity contribution is 0.595. The van der Waals surface area contributed by atoms with Crippen molar-refractivity contribution >= 4 is 25.7 Å². The molecule has 6 nitrogen and oxygen atoms in total. The number of benzene rings is 2. The van der Waals surface area contributed by atoms with Crippen LogP contribution in [0.25, 0.3) is 0 Å². The molecular formula is C12H11FN2O4S2. The van der Waals surface area contributed by atoms with Crippen LogP contribution in [0.2, 0.25) is 0 Å². The molecule has 0 radical (unpaired) electrons. The molecule has 2 aromatic carbocycles. The van der Waals surface area contributed by atoms with E-state index in [4.69, 9.17) is 5.14 Å². The number of hydrogen-bond acceptors (Lipinski definition) is 4. The number of sulfonamides is 2. The van der Waals surface area contributed by atoms with Crippen molar-refractivity contribution < 1.29 is 21.2 Å². The molecule has 0 unspecified atom stereocenters. The molecule has 0 spiro atoms. The Bertz CT molecular complexity index is 862. The molecule has 0 aromatic heterocycles. The molecule has 0 aliphatic heterocycles. The first-order valence-electron chi connectivity index (χ1n) is 5.60. The van der Waals surface area contributed by atoms with Crippen LogP contribution in [0, 0.1) is 5.82 Å². The highest BCUT2D eigenvalue weighted by Gasteiger charge is 2.16. The van der Waals surface area contributed by atoms with Crippen LogP contribution in [-0.2, 0) is 20.0 Å². The molecule has 0 bridgehead atoms. The van der Waals surface area contributed by atoms with E-state index in [2.05, 4.69) is 4.72 Å². The van der Waals surface area contributed by atoms with Crippen LogP contribution >= 0.6 is 0 Å². The van der Waals surface area contributed by atoms with Crippen LogP contribution in [-0.4, -0.2) is 16.8 Å². The second-order valence-electron chi connectivity index (χ2n) is 4.13. The Morgan fingerprint density at radius 1 is 0.905 bits per heavy atom. The van der Waals surface area contributed by atoms with E-state index < -0.39 is 25.9 Å². The Balaban J connectivity index is 2.32. The van der Waals surface area contributed by atoms with Crippen molar-refractivity contribution in [3.63, 3.8) is 0 Å². The van der Waals surface area contributed by atoms with E-state index in [1.165, 1.54) is 18.2 Å². The molecule has 2 rings (SSSR count). The zero-order valence-electron chi connectivity index (χ0n) is 10.5. The van der Waals surface area contributed by atoms with Gasteiger partial charge in [-0.15, -0.1) is 0 Å². The molecule has 0 aliphatic carbocycles. The zero-order valence-corrected chi connectivity index (χ0v) is 12.2. The maximum Gasteiger partial charge on any atom is 0.261 e. The van der Waals surface area contributed by atoms with Crippen LogP contribution in [0.4, 0.5) is 10.1 Å². The first kappa shape index (κ1) is 15.4. The fourth-order valence-corrected chi connectivity index (χ4v) is 3.14. The van der Waals surface area contributed by atoms with E-state index in [-0.39, 0.29) is 15.5 Å². The Kier molecular flexibility index (Phi) is 3.99. The van der Waals surface area contributed by atoms with Crippen LogP contribution in [0.15, 0.2) is 58.3 Å². The number of primary sulfonamides is 1. The third kappa shape index (κ3) is 3.78. The minimum Gasteiger partial charge on any atom is -0.280 e. The van der Waals surface area contributed by atoms with Gasteiger partial charge < -0.3 is 0 Å². The summed E-state index contributed by atoms with van der Waals surface area (Å²) in [4.78, 5) is -0.369. The Morgan fingerprint density at radius 3 is 2.00 bits per heavy atom. The summed E-state index contributed by atoms with van der Waals surface area (Å²) < 4.78 is 61.5. The normalized spacial score (nSPS) is 12.1. The van der Waals surface area contributed by atoms with Crippen LogP contribution in [0.5, 0.6) is 0 Å². The maximum atomic E-state index is 13.0. The average molecular weight is 330 g/mol.